The van der Waals surface area contributed by atoms with E-state index in [2.05, 4.69) is 55.5 Å². The summed E-state index contributed by atoms with van der Waals surface area (Å²) < 4.78 is 28.1. The molecule has 35 heavy (non-hydrogen) atoms. The molecule has 2 atom stereocenters. The molecule has 0 radical (unpaired) electrons. The van der Waals surface area contributed by atoms with E-state index in [4.69, 9.17) is 9.47 Å². The molecule has 0 spiro atoms. The molecule has 0 bridgehead atoms. The monoisotopic (exact) mass is 474 g/mol. The first-order valence-corrected chi connectivity index (χ1v) is 13.6. The van der Waals surface area contributed by atoms with Crippen molar-refractivity contribution in [3.8, 4) is 34.1 Å². The standard InChI is InChI=1S/C31H23O3P/c1-31(17-6-3-7-18-31)23-14-16-25-29(20-23)35(32)28-19-22(21-9-4-2-5-10-21)13-15-24(28)33-26-11-8-12-27(34-25)30(26)35/h2-17,19-20H,18H2,1H3/t31-,35+/m1/s1. The van der Waals surface area contributed by atoms with Crippen LogP contribution < -0.4 is 25.4 Å². The van der Waals surface area contributed by atoms with E-state index in [1.54, 1.807) is 0 Å². The van der Waals surface area contributed by atoms with Crippen LogP contribution in [0.2, 0.25) is 0 Å². The lowest BCUT2D eigenvalue weighted by atomic mass is 9.77. The molecule has 0 fully saturated rings. The Morgan fingerprint density at radius 2 is 1.43 bits per heavy atom. The molecule has 1 aliphatic carbocycles. The van der Waals surface area contributed by atoms with Gasteiger partial charge in [-0.15, -0.1) is 0 Å². The maximum absolute atomic E-state index is 15.5. The van der Waals surface area contributed by atoms with Gasteiger partial charge < -0.3 is 14.0 Å². The minimum Gasteiger partial charge on any atom is -0.456 e. The fourth-order valence-corrected chi connectivity index (χ4v) is 8.50. The molecule has 4 heteroatoms. The first-order valence-electron chi connectivity index (χ1n) is 11.9. The summed E-state index contributed by atoms with van der Waals surface area (Å²) >= 11 is 0. The van der Waals surface area contributed by atoms with Crippen LogP contribution in [0.3, 0.4) is 0 Å². The molecule has 7 rings (SSSR count). The molecule has 0 saturated heterocycles. The molecule has 3 aliphatic rings. The normalized spacial score (nSPS) is 22.9. The number of benzene rings is 4. The van der Waals surface area contributed by atoms with E-state index < -0.39 is 7.14 Å². The molecule has 0 unspecified atom stereocenters. The van der Waals surface area contributed by atoms with Gasteiger partial charge in [-0.2, -0.15) is 0 Å². The average molecular weight is 474 g/mol. The van der Waals surface area contributed by atoms with Gasteiger partial charge in [-0.05, 0) is 59.5 Å². The Kier molecular flexibility index (Phi) is 4.31. The summed E-state index contributed by atoms with van der Waals surface area (Å²) in [6, 6.07) is 28.0. The molecule has 4 aromatic rings. The summed E-state index contributed by atoms with van der Waals surface area (Å²) in [4.78, 5) is 0. The fraction of sp³-hybridized carbons (Fsp3) is 0.0968. The summed E-state index contributed by atoms with van der Waals surface area (Å²) in [5.74, 6) is 2.50. The molecule has 2 aliphatic heterocycles. The number of allylic oxidation sites excluding steroid dienone is 4. The average Bonchev–Trinajstić information content (AvgIpc) is 2.89. The Morgan fingerprint density at radius 1 is 0.714 bits per heavy atom. The third kappa shape index (κ3) is 2.95. The predicted molar refractivity (Wildman–Crippen MR) is 142 cm³/mol. The second kappa shape index (κ2) is 7.34. The van der Waals surface area contributed by atoms with Crippen molar-refractivity contribution >= 4 is 23.1 Å². The lowest BCUT2D eigenvalue weighted by molar-refractivity contribution is 0.461. The van der Waals surface area contributed by atoms with Crippen molar-refractivity contribution in [2.45, 2.75) is 18.8 Å². The van der Waals surface area contributed by atoms with Crippen LogP contribution in [-0.4, -0.2) is 0 Å². The van der Waals surface area contributed by atoms with E-state index in [1.807, 2.05) is 60.7 Å². The van der Waals surface area contributed by atoms with Crippen molar-refractivity contribution in [2.24, 2.45) is 0 Å². The van der Waals surface area contributed by atoms with E-state index in [0.29, 0.717) is 28.3 Å². The smallest absolute Gasteiger partial charge is 0.185 e. The minimum atomic E-state index is -3.26. The minimum absolute atomic E-state index is 0.163. The predicted octanol–water partition coefficient (Wildman–Crippen LogP) is 6.98. The van der Waals surface area contributed by atoms with Gasteiger partial charge in [-0.25, -0.2) is 0 Å². The summed E-state index contributed by atoms with van der Waals surface area (Å²) in [7, 11) is -3.26. The summed E-state index contributed by atoms with van der Waals surface area (Å²) in [5.41, 5.74) is 3.06. The van der Waals surface area contributed by atoms with Crippen molar-refractivity contribution in [3.63, 3.8) is 0 Å². The highest BCUT2D eigenvalue weighted by Crippen LogP contribution is 2.59. The molecule has 170 valence electrons. The summed E-state index contributed by atoms with van der Waals surface area (Å²) in [6.07, 6.45) is 9.46. The third-order valence-electron chi connectivity index (χ3n) is 7.33. The quantitative estimate of drug-likeness (QED) is 0.254. The number of rotatable bonds is 2. The molecular weight excluding hydrogens is 451 g/mol. The lowest BCUT2D eigenvalue weighted by Crippen LogP contribution is -2.36. The molecule has 0 saturated carbocycles. The Bertz CT molecular complexity index is 1600. The van der Waals surface area contributed by atoms with Gasteiger partial charge in [-0.3, -0.25) is 0 Å². The number of hydrogen-bond acceptors (Lipinski definition) is 3. The lowest BCUT2D eigenvalue weighted by Gasteiger charge is -2.36. The largest absolute Gasteiger partial charge is 0.456 e. The van der Waals surface area contributed by atoms with Gasteiger partial charge in [0.15, 0.2) is 7.14 Å². The molecule has 2 heterocycles. The SMILES string of the molecule is C[C@@]1(c2ccc3c(c2)[P@@]2(=O)c4cc(-c5ccccc5)ccc4Oc4cccc(c42)O3)C=CC=CC1. The highest BCUT2D eigenvalue weighted by atomic mass is 31.2. The first kappa shape index (κ1) is 20.6. The van der Waals surface area contributed by atoms with Gasteiger partial charge in [0.1, 0.15) is 28.3 Å². The molecule has 0 aromatic heterocycles. The van der Waals surface area contributed by atoms with Crippen LogP contribution in [0.15, 0.2) is 109 Å². The van der Waals surface area contributed by atoms with Crippen LogP contribution in [0.5, 0.6) is 23.0 Å². The number of ether oxygens (including phenoxy) is 2. The highest BCUT2D eigenvalue weighted by molar-refractivity contribution is 7.86. The van der Waals surface area contributed by atoms with Crippen molar-refractivity contribution in [3.05, 3.63) is 115 Å². The molecular formula is C31H23O3P. The zero-order valence-electron chi connectivity index (χ0n) is 19.3. The number of hydrogen-bond donors (Lipinski definition) is 0. The Morgan fingerprint density at radius 3 is 2.14 bits per heavy atom. The van der Waals surface area contributed by atoms with E-state index in [-0.39, 0.29) is 5.41 Å². The van der Waals surface area contributed by atoms with E-state index in [0.717, 1.165) is 33.7 Å². The summed E-state index contributed by atoms with van der Waals surface area (Å²) in [5, 5.41) is 2.13. The Hall–Kier alpha value is -3.81. The Labute approximate surface area is 204 Å². The molecule has 4 aromatic carbocycles. The third-order valence-corrected chi connectivity index (χ3v) is 10.5. The van der Waals surface area contributed by atoms with E-state index in [9.17, 15) is 0 Å². The van der Waals surface area contributed by atoms with Gasteiger partial charge in [-0.1, -0.05) is 79.8 Å². The van der Waals surface area contributed by atoms with Gasteiger partial charge in [0, 0.05) is 5.41 Å². The molecule has 0 N–H and O–H groups in total. The van der Waals surface area contributed by atoms with Crippen molar-refractivity contribution in [2.75, 3.05) is 0 Å². The van der Waals surface area contributed by atoms with Gasteiger partial charge in [0.05, 0.1) is 10.6 Å². The highest BCUT2D eigenvalue weighted by Gasteiger charge is 2.47. The van der Waals surface area contributed by atoms with E-state index >= 15 is 4.57 Å². The maximum Gasteiger partial charge on any atom is 0.185 e. The van der Waals surface area contributed by atoms with Crippen LogP contribution in [-0.2, 0) is 9.98 Å². The van der Waals surface area contributed by atoms with Crippen molar-refractivity contribution in [1.29, 1.82) is 0 Å². The van der Waals surface area contributed by atoms with Crippen LogP contribution in [0.25, 0.3) is 11.1 Å². The van der Waals surface area contributed by atoms with Crippen LogP contribution in [0, 0.1) is 0 Å². The Balaban J connectivity index is 1.50. The summed E-state index contributed by atoms with van der Waals surface area (Å²) in [6.45, 7) is 2.22. The van der Waals surface area contributed by atoms with Crippen LogP contribution in [0.4, 0.5) is 0 Å². The molecule has 0 amide bonds. The topological polar surface area (TPSA) is 35.5 Å². The second-order valence-corrected chi connectivity index (χ2v) is 12.2. The zero-order chi connectivity index (χ0) is 23.6. The van der Waals surface area contributed by atoms with Gasteiger partial charge in [0.25, 0.3) is 0 Å². The zero-order valence-corrected chi connectivity index (χ0v) is 20.2. The maximum atomic E-state index is 15.5. The van der Waals surface area contributed by atoms with Gasteiger partial charge in [0.2, 0.25) is 0 Å². The van der Waals surface area contributed by atoms with E-state index in [1.165, 1.54) is 0 Å². The number of fused-ring (bicyclic) bond motifs is 4. The van der Waals surface area contributed by atoms with Crippen LogP contribution in [0.1, 0.15) is 18.9 Å². The molecule has 3 nitrogen and oxygen atoms in total. The van der Waals surface area contributed by atoms with Crippen molar-refractivity contribution < 1.29 is 14.0 Å². The van der Waals surface area contributed by atoms with Crippen LogP contribution >= 0.6 is 7.14 Å². The second-order valence-electron chi connectivity index (χ2n) is 9.56. The fourth-order valence-electron chi connectivity index (χ4n) is 5.39. The van der Waals surface area contributed by atoms with Gasteiger partial charge >= 0.3 is 0 Å². The first-order chi connectivity index (χ1) is 17.1. The van der Waals surface area contributed by atoms with Crippen molar-refractivity contribution in [1.82, 2.24) is 0 Å².